The SMILES string of the molecule is CCCCc1nnc(OC(C)C2CCNCC2)cc1-c1ccc(OCc2ccccc2)cc1. The summed E-state index contributed by atoms with van der Waals surface area (Å²) >= 11 is 0. The van der Waals surface area contributed by atoms with E-state index in [-0.39, 0.29) is 6.10 Å². The van der Waals surface area contributed by atoms with Gasteiger partial charge in [-0.3, -0.25) is 0 Å². The third-order valence-corrected chi connectivity index (χ3v) is 6.38. The number of rotatable bonds is 10. The summed E-state index contributed by atoms with van der Waals surface area (Å²) in [5.41, 5.74) is 4.39. The van der Waals surface area contributed by atoms with E-state index in [4.69, 9.17) is 9.47 Å². The molecule has 0 saturated carbocycles. The number of nitrogens with zero attached hydrogens (tertiary/aromatic N) is 2. The smallest absolute Gasteiger partial charge is 0.234 e. The van der Waals surface area contributed by atoms with Crippen molar-refractivity contribution < 1.29 is 9.47 Å². The van der Waals surface area contributed by atoms with Gasteiger partial charge in [0, 0.05) is 11.6 Å². The number of benzene rings is 2. The summed E-state index contributed by atoms with van der Waals surface area (Å²) in [5.74, 6) is 2.02. The summed E-state index contributed by atoms with van der Waals surface area (Å²) in [6, 6.07) is 20.6. The number of hydrogen-bond acceptors (Lipinski definition) is 5. The first-order valence-electron chi connectivity index (χ1n) is 12.2. The number of unbranched alkanes of at least 4 members (excludes halogenated alkanes) is 1. The van der Waals surface area contributed by atoms with Gasteiger partial charge >= 0.3 is 0 Å². The quantitative estimate of drug-likeness (QED) is 0.425. The zero-order valence-electron chi connectivity index (χ0n) is 19.8. The summed E-state index contributed by atoms with van der Waals surface area (Å²) < 4.78 is 12.2. The Bertz CT molecular complexity index is 986. The van der Waals surface area contributed by atoms with Gasteiger partial charge in [-0.05, 0) is 74.9 Å². The van der Waals surface area contributed by atoms with Crippen molar-refractivity contribution in [1.82, 2.24) is 15.5 Å². The highest BCUT2D eigenvalue weighted by atomic mass is 16.5. The van der Waals surface area contributed by atoms with Crippen molar-refractivity contribution >= 4 is 0 Å². The predicted octanol–water partition coefficient (Wildman–Crippen LogP) is 5.83. The summed E-state index contributed by atoms with van der Waals surface area (Å²) in [7, 11) is 0. The van der Waals surface area contributed by atoms with Crippen LogP contribution in [-0.4, -0.2) is 29.4 Å². The predicted molar refractivity (Wildman–Crippen MR) is 133 cm³/mol. The van der Waals surface area contributed by atoms with E-state index >= 15 is 0 Å². The Morgan fingerprint density at radius 3 is 2.48 bits per heavy atom. The maximum absolute atomic E-state index is 6.26. The molecule has 1 aliphatic rings. The van der Waals surface area contributed by atoms with Crippen LogP contribution in [0.3, 0.4) is 0 Å². The lowest BCUT2D eigenvalue weighted by Gasteiger charge is -2.28. The molecule has 2 heterocycles. The van der Waals surface area contributed by atoms with Crippen molar-refractivity contribution in [3.8, 4) is 22.8 Å². The molecule has 0 amide bonds. The molecule has 2 aromatic carbocycles. The van der Waals surface area contributed by atoms with Gasteiger partial charge in [0.1, 0.15) is 18.5 Å². The Balaban J connectivity index is 1.49. The first kappa shape index (κ1) is 23.2. The largest absolute Gasteiger partial charge is 0.489 e. The average molecular weight is 446 g/mol. The van der Waals surface area contributed by atoms with Crippen LogP contribution in [0.2, 0.25) is 0 Å². The van der Waals surface area contributed by atoms with Crippen LogP contribution in [0.5, 0.6) is 11.6 Å². The summed E-state index contributed by atoms with van der Waals surface area (Å²) in [4.78, 5) is 0. The fraction of sp³-hybridized carbons (Fsp3) is 0.429. The van der Waals surface area contributed by atoms with Gasteiger partial charge in [-0.25, -0.2) is 0 Å². The van der Waals surface area contributed by atoms with E-state index in [1.54, 1.807) is 0 Å². The molecular formula is C28H35N3O2. The van der Waals surface area contributed by atoms with E-state index in [2.05, 4.69) is 59.7 Å². The maximum Gasteiger partial charge on any atom is 0.234 e. The monoisotopic (exact) mass is 445 g/mol. The zero-order chi connectivity index (χ0) is 22.9. The molecule has 174 valence electrons. The molecule has 4 rings (SSSR count). The Labute approximate surface area is 197 Å². The van der Waals surface area contributed by atoms with E-state index < -0.39 is 0 Å². The number of hydrogen-bond donors (Lipinski definition) is 1. The van der Waals surface area contributed by atoms with Crippen molar-refractivity contribution in [3.63, 3.8) is 0 Å². The molecule has 0 radical (unpaired) electrons. The molecular weight excluding hydrogens is 410 g/mol. The average Bonchev–Trinajstić information content (AvgIpc) is 2.88. The molecule has 1 atom stereocenters. The third kappa shape index (κ3) is 6.55. The van der Waals surface area contributed by atoms with Crippen molar-refractivity contribution in [2.75, 3.05) is 13.1 Å². The van der Waals surface area contributed by atoms with Gasteiger partial charge in [-0.15, -0.1) is 5.10 Å². The highest BCUT2D eigenvalue weighted by Gasteiger charge is 2.22. The molecule has 3 aromatic rings. The van der Waals surface area contributed by atoms with Crippen LogP contribution < -0.4 is 14.8 Å². The second-order valence-electron chi connectivity index (χ2n) is 8.86. The number of ether oxygens (including phenoxy) is 2. The second-order valence-corrected chi connectivity index (χ2v) is 8.86. The molecule has 5 nitrogen and oxygen atoms in total. The van der Waals surface area contributed by atoms with E-state index in [9.17, 15) is 0 Å². The Kier molecular flexibility index (Phi) is 8.31. The minimum absolute atomic E-state index is 0.129. The minimum atomic E-state index is 0.129. The van der Waals surface area contributed by atoms with E-state index in [1.807, 2.05) is 30.3 Å². The number of piperidine rings is 1. The van der Waals surface area contributed by atoms with Crippen LogP contribution in [0.25, 0.3) is 11.1 Å². The first-order valence-corrected chi connectivity index (χ1v) is 12.2. The van der Waals surface area contributed by atoms with E-state index in [0.29, 0.717) is 18.4 Å². The lowest BCUT2D eigenvalue weighted by Crippen LogP contribution is -2.35. The fourth-order valence-electron chi connectivity index (χ4n) is 4.31. The summed E-state index contributed by atoms with van der Waals surface area (Å²) in [6.07, 6.45) is 5.53. The summed E-state index contributed by atoms with van der Waals surface area (Å²) in [5, 5.41) is 12.4. The van der Waals surface area contributed by atoms with Crippen LogP contribution >= 0.6 is 0 Å². The van der Waals surface area contributed by atoms with Gasteiger partial charge < -0.3 is 14.8 Å². The number of nitrogens with one attached hydrogen (secondary N) is 1. The topological polar surface area (TPSA) is 56.3 Å². The van der Waals surface area contributed by atoms with Crippen molar-refractivity contribution in [3.05, 3.63) is 71.9 Å². The normalized spacial score (nSPS) is 15.2. The molecule has 1 saturated heterocycles. The van der Waals surface area contributed by atoms with Gasteiger partial charge in [-0.1, -0.05) is 55.8 Å². The molecule has 0 aliphatic carbocycles. The molecule has 1 aromatic heterocycles. The Hall–Kier alpha value is -2.92. The maximum atomic E-state index is 6.26. The molecule has 1 fully saturated rings. The molecule has 33 heavy (non-hydrogen) atoms. The zero-order valence-corrected chi connectivity index (χ0v) is 19.8. The first-order chi connectivity index (χ1) is 16.2. The van der Waals surface area contributed by atoms with Crippen molar-refractivity contribution in [1.29, 1.82) is 0 Å². The molecule has 0 spiro atoms. The van der Waals surface area contributed by atoms with Gasteiger partial charge in [0.2, 0.25) is 5.88 Å². The molecule has 5 heteroatoms. The highest BCUT2D eigenvalue weighted by molar-refractivity contribution is 5.67. The number of aryl methyl sites for hydroxylation is 1. The number of aromatic nitrogens is 2. The third-order valence-electron chi connectivity index (χ3n) is 6.38. The van der Waals surface area contributed by atoms with Gasteiger partial charge in [-0.2, -0.15) is 5.10 Å². The molecule has 0 bridgehead atoms. The van der Waals surface area contributed by atoms with Crippen LogP contribution in [-0.2, 0) is 13.0 Å². The van der Waals surface area contributed by atoms with E-state index in [1.165, 1.54) is 0 Å². The Morgan fingerprint density at radius 1 is 1.00 bits per heavy atom. The van der Waals surface area contributed by atoms with Gasteiger partial charge in [0.25, 0.3) is 0 Å². The summed E-state index contributed by atoms with van der Waals surface area (Å²) in [6.45, 7) is 7.03. The standard InChI is InChI=1S/C28H35N3O2/c1-3-4-10-27-26(19-28(31-30-27)33-21(2)23-15-17-29-18-16-23)24-11-13-25(14-12-24)32-20-22-8-6-5-7-9-22/h5-9,11-14,19,21,23,29H,3-4,10,15-18,20H2,1-2H3. The van der Waals surface area contributed by atoms with Crippen LogP contribution in [0.15, 0.2) is 60.7 Å². The van der Waals surface area contributed by atoms with Crippen LogP contribution in [0.1, 0.15) is 50.8 Å². The fourth-order valence-corrected chi connectivity index (χ4v) is 4.31. The van der Waals surface area contributed by atoms with Crippen LogP contribution in [0, 0.1) is 5.92 Å². The van der Waals surface area contributed by atoms with E-state index in [0.717, 1.165) is 73.3 Å². The molecule has 1 N–H and O–H groups in total. The van der Waals surface area contributed by atoms with Gasteiger partial charge in [0.05, 0.1) is 5.69 Å². The van der Waals surface area contributed by atoms with Gasteiger partial charge in [0.15, 0.2) is 0 Å². The molecule has 1 aliphatic heterocycles. The minimum Gasteiger partial charge on any atom is -0.489 e. The molecule has 1 unspecified atom stereocenters. The Morgan fingerprint density at radius 2 is 1.76 bits per heavy atom. The van der Waals surface area contributed by atoms with Crippen LogP contribution in [0.4, 0.5) is 0 Å². The van der Waals surface area contributed by atoms with Crippen molar-refractivity contribution in [2.45, 2.75) is 58.7 Å². The highest BCUT2D eigenvalue weighted by Crippen LogP contribution is 2.29. The lowest BCUT2D eigenvalue weighted by atomic mass is 9.93. The lowest BCUT2D eigenvalue weighted by molar-refractivity contribution is 0.121. The van der Waals surface area contributed by atoms with Crippen molar-refractivity contribution in [2.24, 2.45) is 5.92 Å². The second kappa shape index (κ2) is 11.8.